The van der Waals surface area contributed by atoms with Crippen molar-refractivity contribution in [2.45, 2.75) is 46.0 Å². The highest BCUT2D eigenvalue weighted by Gasteiger charge is 2.42. The molecule has 1 heteroatoms. The van der Waals surface area contributed by atoms with Crippen LogP contribution in [0, 0.1) is 18.8 Å². The van der Waals surface area contributed by atoms with E-state index in [9.17, 15) is 0 Å². The van der Waals surface area contributed by atoms with Crippen LogP contribution >= 0.6 is 0 Å². The summed E-state index contributed by atoms with van der Waals surface area (Å²) >= 11 is 0. The van der Waals surface area contributed by atoms with Crippen molar-refractivity contribution in [3.8, 4) is 0 Å². The highest BCUT2D eigenvalue weighted by molar-refractivity contribution is 5.32. The standard InChI is InChI=1S/C17H27N/c1-13(2)11-18-12-17(9-15(4)10-17)16-7-5-14(3)6-8-16/h5-8,13,15,18H,9-12H2,1-4H3. The number of hydrogen-bond donors (Lipinski definition) is 1. The monoisotopic (exact) mass is 245 g/mol. The van der Waals surface area contributed by atoms with Crippen LogP contribution in [0.2, 0.25) is 0 Å². The molecule has 1 nitrogen and oxygen atoms in total. The second kappa shape index (κ2) is 5.44. The summed E-state index contributed by atoms with van der Waals surface area (Å²) in [6, 6.07) is 9.17. The zero-order chi connectivity index (χ0) is 13.2. The van der Waals surface area contributed by atoms with Gasteiger partial charge in [-0.2, -0.15) is 0 Å². The first-order valence-corrected chi connectivity index (χ1v) is 7.30. The molecular weight excluding hydrogens is 218 g/mol. The molecule has 0 heterocycles. The molecule has 1 aliphatic carbocycles. The number of nitrogens with one attached hydrogen (secondary N) is 1. The average molecular weight is 245 g/mol. The van der Waals surface area contributed by atoms with Gasteiger partial charge in [0.1, 0.15) is 0 Å². The molecule has 100 valence electrons. The fourth-order valence-electron chi connectivity index (χ4n) is 3.26. The van der Waals surface area contributed by atoms with E-state index in [4.69, 9.17) is 0 Å². The van der Waals surface area contributed by atoms with Crippen molar-refractivity contribution in [2.24, 2.45) is 11.8 Å². The van der Waals surface area contributed by atoms with Gasteiger partial charge in [-0.05, 0) is 43.7 Å². The molecule has 0 bridgehead atoms. The Hall–Kier alpha value is -0.820. The van der Waals surface area contributed by atoms with Gasteiger partial charge < -0.3 is 5.32 Å². The SMILES string of the molecule is Cc1ccc(C2(CNCC(C)C)CC(C)C2)cc1. The summed E-state index contributed by atoms with van der Waals surface area (Å²) in [5.74, 6) is 1.62. The summed E-state index contributed by atoms with van der Waals surface area (Å²) < 4.78 is 0. The Morgan fingerprint density at radius 3 is 2.33 bits per heavy atom. The first-order valence-electron chi connectivity index (χ1n) is 7.30. The molecule has 0 aliphatic heterocycles. The van der Waals surface area contributed by atoms with Crippen LogP contribution in [-0.2, 0) is 5.41 Å². The largest absolute Gasteiger partial charge is 0.316 e. The van der Waals surface area contributed by atoms with Gasteiger partial charge in [-0.25, -0.2) is 0 Å². The third kappa shape index (κ3) is 2.95. The lowest BCUT2D eigenvalue weighted by Gasteiger charge is -2.47. The van der Waals surface area contributed by atoms with Crippen LogP contribution in [0.4, 0.5) is 0 Å². The van der Waals surface area contributed by atoms with E-state index in [1.165, 1.54) is 24.0 Å². The molecule has 0 saturated heterocycles. The van der Waals surface area contributed by atoms with Crippen LogP contribution < -0.4 is 5.32 Å². The zero-order valence-corrected chi connectivity index (χ0v) is 12.3. The van der Waals surface area contributed by atoms with Crippen molar-refractivity contribution in [1.82, 2.24) is 5.32 Å². The average Bonchev–Trinajstić information content (AvgIpc) is 2.26. The van der Waals surface area contributed by atoms with Gasteiger partial charge in [-0.1, -0.05) is 50.6 Å². The Balaban J connectivity index is 2.05. The van der Waals surface area contributed by atoms with E-state index in [1.54, 1.807) is 0 Å². The molecule has 1 aliphatic rings. The van der Waals surface area contributed by atoms with Gasteiger partial charge in [-0.15, -0.1) is 0 Å². The van der Waals surface area contributed by atoms with Crippen molar-refractivity contribution in [2.75, 3.05) is 13.1 Å². The lowest BCUT2D eigenvalue weighted by molar-refractivity contribution is 0.151. The molecule has 1 aromatic rings. The van der Waals surface area contributed by atoms with Gasteiger partial charge in [0.25, 0.3) is 0 Å². The molecule has 1 aromatic carbocycles. The molecule has 1 saturated carbocycles. The molecule has 0 spiro atoms. The first kappa shape index (κ1) is 13.6. The van der Waals surface area contributed by atoms with Crippen LogP contribution in [0.25, 0.3) is 0 Å². The predicted molar refractivity (Wildman–Crippen MR) is 79.0 cm³/mol. The van der Waals surface area contributed by atoms with Crippen molar-refractivity contribution in [1.29, 1.82) is 0 Å². The minimum Gasteiger partial charge on any atom is -0.316 e. The van der Waals surface area contributed by atoms with Crippen LogP contribution in [-0.4, -0.2) is 13.1 Å². The van der Waals surface area contributed by atoms with Crippen LogP contribution in [0.5, 0.6) is 0 Å². The maximum absolute atomic E-state index is 3.66. The molecule has 0 radical (unpaired) electrons. The van der Waals surface area contributed by atoms with Crippen LogP contribution in [0.1, 0.15) is 44.7 Å². The highest BCUT2D eigenvalue weighted by atomic mass is 14.9. The minimum absolute atomic E-state index is 0.405. The molecule has 0 atom stereocenters. The molecule has 18 heavy (non-hydrogen) atoms. The van der Waals surface area contributed by atoms with E-state index in [1.807, 2.05) is 0 Å². The van der Waals surface area contributed by atoms with Crippen molar-refractivity contribution < 1.29 is 0 Å². The lowest BCUT2D eigenvalue weighted by atomic mass is 9.59. The van der Waals surface area contributed by atoms with Gasteiger partial charge in [0, 0.05) is 12.0 Å². The summed E-state index contributed by atoms with van der Waals surface area (Å²) in [5, 5.41) is 3.66. The summed E-state index contributed by atoms with van der Waals surface area (Å²) in [7, 11) is 0. The van der Waals surface area contributed by atoms with E-state index in [-0.39, 0.29) is 0 Å². The van der Waals surface area contributed by atoms with Gasteiger partial charge in [0.2, 0.25) is 0 Å². The van der Waals surface area contributed by atoms with Crippen molar-refractivity contribution in [3.05, 3.63) is 35.4 Å². The Labute approximate surface area is 112 Å². The predicted octanol–water partition coefficient (Wildman–Crippen LogP) is 3.91. The molecule has 0 amide bonds. The highest BCUT2D eigenvalue weighted by Crippen LogP contribution is 2.47. The summed E-state index contributed by atoms with van der Waals surface area (Å²) in [4.78, 5) is 0. The van der Waals surface area contributed by atoms with Gasteiger partial charge in [0.15, 0.2) is 0 Å². The normalized spacial score (nSPS) is 27.3. The Morgan fingerprint density at radius 2 is 1.83 bits per heavy atom. The second-order valence-corrected chi connectivity index (χ2v) is 6.68. The number of hydrogen-bond acceptors (Lipinski definition) is 1. The number of benzene rings is 1. The van der Waals surface area contributed by atoms with E-state index < -0.39 is 0 Å². The Kier molecular flexibility index (Phi) is 4.11. The Bertz CT molecular complexity index is 371. The third-order valence-electron chi connectivity index (χ3n) is 4.16. The minimum atomic E-state index is 0.405. The smallest absolute Gasteiger partial charge is 0.00828 e. The maximum atomic E-state index is 3.66. The van der Waals surface area contributed by atoms with Gasteiger partial charge in [0.05, 0.1) is 0 Å². The molecule has 0 aromatic heterocycles. The fraction of sp³-hybridized carbons (Fsp3) is 0.647. The van der Waals surface area contributed by atoms with E-state index >= 15 is 0 Å². The molecule has 1 fully saturated rings. The summed E-state index contributed by atoms with van der Waals surface area (Å²) in [6.07, 6.45) is 2.67. The van der Waals surface area contributed by atoms with Gasteiger partial charge >= 0.3 is 0 Å². The molecule has 0 unspecified atom stereocenters. The summed E-state index contributed by atoms with van der Waals surface area (Å²) in [6.45, 7) is 11.3. The lowest BCUT2D eigenvalue weighted by Crippen LogP contribution is -2.48. The van der Waals surface area contributed by atoms with Gasteiger partial charge in [-0.3, -0.25) is 0 Å². The first-order chi connectivity index (χ1) is 8.52. The quantitative estimate of drug-likeness (QED) is 0.829. The number of aryl methyl sites for hydroxylation is 1. The zero-order valence-electron chi connectivity index (χ0n) is 12.3. The molecule has 2 rings (SSSR count). The summed E-state index contributed by atoms with van der Waals surface area (Å²) in [5.41, 5.74) is 3.29. The Morgan fingerprint density at radius 1 is 1.22 bits per heavy atom. The van der Waals surface area contributed by atoms with E-state index in [0.29, 0.717) is 5.41 Å². The second-order valence-electron chi connectivity index (χ2n) is 6.68. The molecule has 1 N–H and O–H groups in total. The van der Waals surface area contributed by atoms with Crippen molar-refractivity contribution in [3.63, 3.8) is 0 Å². The van der Waals surface area contributed by atoms with Crippen molar-refractivity contribution >= 4 is 0 Å². The third-order valence-corrected chi connectivity index (χ3v) is 4.16. The van der Waals surface area contributed by atoms with Crippen LogP contribution in [0.3, 0.4) is 0 Å². The van der Waals surface area contributed by atoms with Crippen LogP contribution in [0.15, 0.2) is 24.3 Å². The van der Waals surface area contributed by atoms with E-state index in [0.717, 1.165) is 24.9 Å². The maximum Gasteiger partial charge on any atom is 0.00828 e. The van der Waals surface area contributed by atoms with E-state index in [2.05, 4.69) is 57.3 Å². The number of rotatable bonds is 5. The topological polar surface area (TPSA) is 12.0 Å². The fourth-order valence-corrected chi connectivity index (χ4v) is 3.26. The molecular formula is C17H27N.